The molecule has 0 aliphatic carbocycles. The molecule has 1 atom stereocenters. The van der Waals surface area contributed by atoms with Gasteiger partial charge in [-0.15, -0.1) is 0 Å². The van der Waals surface area contributed by atoms with E-state index in [1.165, 1.54) is 6.92 Å². The van der Waals surface area contributed by atoms with E-state index in [0.29, 0.717) is 6.07 Å². The van der Waals surface area contributed by atoms with Crippen molar-refractivity contribution in [3.8, 4) is 6.07 Å². The summed E-state index contributed by atoms with van der Waals surface area (Å²) in [6.07, 6.45) is -4.53. The summed E-state index contributed by atoms with van der Waals surface area (Å²) >= 11 is 0. The number of carbonyl (C=O) groups excluding carboxylic acids is 1. The van der Waals surface area contributed by atoms with Crippen molar-refractivity contribution in [2.75, 3.05) is 5.32 Å². The number of alkyl halides is 3. The van der Waals surface area contributed by atoms with Crippen LogP contribution < -0.4 is 11.1 Å². The first-order valence-electron chi connectivity index (χ1n) is 4.93. The molecule has 3 N–H and O–H groups in total. The van der Waals surface area contributed by atoms with Crippen LogP contribution >= 0.6 is 0 Å². The second-order valence-electron chi connectivity index (χ2n) is 3.65. The number of amides is 1. The topological polar surface area (TPSA) is 78.9 Å². The fourth-order valence-corrected chi connectivity index (χ4v) is 1.17. The molecule has 0 radical (unpaired) electrons. The van der Waals surface area contributed by atoms with Gasteiger partial charge in [0.2, 0.25) is 5.91 Å². The van der Waals surface area contributed by atoms with Crippen molar-refractivity contribution in [2.24, 2.45) is 5.73 Å². The lowest BCUT2D eigenvalue weighted by Gasteiger charge is -2.12. The number of hydrogen-bond acceptors (Lipinski definition) is 3. The predicted molar refractivity (Wildman–Crippen MR) is 58.4 cm³/mol. The van der Waals surface area contributed by atoms with Crippen LogP contribution in [0.15, 0.2) is 18.2 Å². The highest BCUT2D eigenvalue weighted by Crippen LogP contribution is 2.31. The first-order chi connectivity index (χ1) is 8.25. The number of nitriles is 1. The van der Waals surface area contributed by atoms with E-state index in [9.17, 15) is 18.0 Å². The molecule has 0 saturated heterocycles. The van der Waals surface area contributed by atoms with Crippen LogP contribution in [0.25, 0.3) is 0 Å². The van der Waals surface area contributed by atoms with Crippen molar-refractivity contribution in [2.45, 2.75) is 19.1 Å². The highest BCUT2D eigenvalue weighted by Gasteiger charge is 2.31. The average molecular weight is 257 g/mol. The molecule has 1 amide bonds. The van der Waals surface area contributed by atoms with E-state index in [2.05, 4.69) is 5.32 Å². The SMILES string of the molecule is CC(N)C(=O)Nc1ccc(C(F)(F)F)cc1C#N. The number of rotatable bonds is 2. The first kappa shape index (κ1) is 14.0. The fourth-order valence-electron chi connectivity index (χ4n) is 1.17. The van der Waals surface area contributed by atoms with Crippen LogP contribution in [0.3, 0.4) is 0 Å². The molecule has 0 saturated carbocycles. The molecule has 1 aromatic rings. The molecule has 96 valence electrons. The van der Waals surface area contributed by atoms with Gasteiger partial charge in [0.05, 0.1) is 22.9 Å². The number of nitrogens with zero attached hydrogens (tertiary/aromatic N) is 1. The highest BCUT2D eigenvalue weighted by atomic mass is 19.4. The Kier molecular flexibility index (Phi) is 3.93. The van der Waals surface area contributed by atoms with E-state index < -0.39 is 23.7 Å². The van der Waals surface area contributed by atoms with Crippen LogP contribution in [0.5, 0.6) is 0 Å². The van der Waals surface area contributed by atoms with Crippen molar-refractivity contribution < 1.29 is 18.0 Å². The summed E-state index contributed by atoms with van der Waals surface area (Å²) < 4.78 is 37.2. The number of halogens is 3. The summed E-state index contributed by atoms with van der Waals surface area (Å²) in [5.41, 5.74) is 4.10. The molecule has 7 heteroatoms. The molecule has 0 spiro atoms. The van der Waals surface area contributed by atoms with E-state index in [1.54, 1.807) is 6.07 Å². The van der Waals surface area contributed by atoms with Gasteiger partial charge in [0.15, 0.2) is 0 Å². The number of benzene rings is 1. The Hall–Kier alpha value is -2.07. The molecule has 0 aliphatic rings. The number of carbonyl (C=O) groups is 1. The van der Waals surface area contributed by atoms with Crippen molar-refractivity contribution in [1.29, 1.82) is 5.26 Å². The zero-order valence-electron chi connectivity index (χ0n) is 9.38. The normalized spacial score (nSPS) is 12.7. The predicted octanol–water partition coefficient (Wildman–Crippen LogP) is 1.86. The molecule has 0 heterocycles. The van der Waals surface area contributed by atoms with Crippen LogP contribution in [0, 0.1) is 11.3 Å². The van der Waals surface area contributed by atoms with E-state index in [0.717, 1.165) is 12.1 Å². The van der Waals surface area contributed by atoms with E-state index in [1.807, 2.05) is 0 Å². The number of nitrogens with one attached hydrogen (secondary N) is 1. The van der Waals surface area contributed by atoms with Crippen LogP contribution in [0.1, 0.15) is 18.1 Å². The lowest BCUT2D eigenvalue weighted by atomic mass is 10.1. The first-order valence-corrected chi connectivity index (χ1v) is 4.93. The minimum absolute atomic E-state index is 0.00722. The van der Waals surface area contributed by atoms with Crippen LogP contribution in [0.2, 0.25) is 0 Å². The van der Waals surface area contributed by atoms with Gasteiger partial charge in [-0.3, -0.25) is 4.79 Å². The van der Waals surface area contributed by atoms with Crippen molar-refractivity contribution in [3.63, 3.8) is 0 Å². The third-order valence-corrected chi connectivity index (χ3v) is 2.14. The number of anilines is 1. The molecule has 18 heavy (non-hydrogen) atoms. The molecule has 1 unspecified atom stereocenters. The van der Waals surface area contributed by atoms with E-state index >= 15 is 0 Å². The van der Waals surface area contributed by atoms with E-state index in [4.69, 9.17) is 11.0 Å². The van der Waals surface area contributed by atoms with Crippen LogP contribution in [0.4, 0.5) is 18.9 Å². The van der Waals surface area contributed by atoms with Gasteiger partial charge in [0.25, 0.3) is 0 Å². The highest BCUT2D eigenvalue weighted by molar-refractivity contribution is 5.95. The summed E-state index contributed by atoms with van der Waals surface area (Å²) in [5.74, 6) is -0.578. The number of hydrogen-bond donors (Lipinski definition) is 2. The Balaban J connectivity index is 3.10. The summed E-state index contributed by atoms with van der Waals surface area (Å²) in [7, 11) is 0. The van der Waals surface area contributed by atoms with Crippen molar-refractivity contribution in [3.05, 3.63) is 29.3 Å². The minimum atomic E-state index is -4.53. The monoisotopic (exact) mass is 257 g/mol. The Morgan fingerprint density at radius 1 is 1.50 bits per heavy atom. The van der Waals surface area contributed by atoms with Crippen LogP contribution in [-0.4, -0.2) is 11.9 Å². The third-order valence-electron chi connectivity index (χ3n) is 2.14. The van der Waals surface area contributed by atoms with Gasteiger partial charge >= 0.3 is 6.18 Å². The molecule has 0 aliphatic heterocycles. The number of nitrogens with two attached hydrogens (primary N) is 1. The maximum Gasteiger partial charge on any atom is 0.416 e. The quantitative estimate of drug-likeness (QED) is 0.848. The Labute approximate surface area is 101 Å². The van der Waals surface area contributed by atoms with Gasteiger partial charge in [-0.2, -0.15) is 18.4 Å². The van der Waals surface area contributed by atoms with Crippen molar-refractivity contribution in [1.82, 2.24) is 0 Å². The van der Waals surface area contributed by atoms with Gasteiger partial charge in [0, 0.05) is 0 Å². The molecule has 4 nitrogen and oxygen atoms in total. The standard InChI is InChI=1S/C11H10F3N3O/c1-6(16)10(18)17-9-3-2-8(11(12,13)14)4-7(9)5-15/h2-4,6H,16H2,1H3,(H,17,18). The van der Waals surface area contributed by atoms with Gasteiger partial charge in [-0.1, -0.05) is 0 Å². The maximum atomic E-state index is 12.4. The minimum Gasteiger partial charge on any atom is -0.324 e. The molecule has 0 aromatic heterocycles. The lowest BCUT2D eigenvalue weighted by molar-refractivity contribution is -0.137. The Morgan fingerprint density at radius 2 is 2.11 bits per heavy atom. The van der Waals surface area contributed by atoms with Gasteiger partial charge in [-0.25, -0.2) is 0 Å². The Morgan fingerprint density at radius 3 is 2.56 bits per heavy atom. The maximum absolute atomic E-state index is 12.4. The second kappa shape index (κ2) is 5.06. The van der Waals surface area contributed by atoms with E-state index in [-0.39, 0.29) is 11.3 Å². The molecular formula is C11H10F3N3O. The Bertz CT molecular complexity index is 503. The van der Waals surface area contributed by atoms with Gasteiger partial charge in [0.1, 0.15) is 6.07 Å². The lowest BCUT2D eigenvalue weighted by Crippen LogP contribution is -2.32. The molecule has 1 aromatic carbocycles. The summed E-state index contributed by atoms with van der Waals surface area (Å²) in [5, 5.41) is 11.0. The smallest absolute Gasteiger partial charge is 0.324 e. The molecule has 1 rings (SSSR count). The summed E-state index contributed by atoms with van der Waals surface area (Å²) in [6, 6.07) is 3.27. The summed E-state index contributed by atoms with van der Waals surface area (Å²) in [4.78, 5) is 11.3. The zero-order chi connectivity index (χ0) is 13.9. The second-order valence-corrected chi connectivity index (χ2v) is 3.65. The third kappa shape index (κ3) is 3.21. The average Bonchev–Trinajstić information content (AvgIpc) is 2.27. The molecule has 0 bridgehead atoms. The van der Waals surface area contributed by atoms with Crippen molar-refractivity contribution >= 4 is 11.6 Å². The van der Waals surface area contributed by atoms with Crippen LogP contribution in [-0.2, 0) is 11.0 Å². The molecular weight excluding hydrogens is 247 g/mol. The zero-order valence-corrected chi connectivity index (χ0v) is 9.38. The summed E-state index contributed by atoms with van der Waals surface area (Å²) in [6.45, 7) is 1.42. The largest absolute Gasteiger partial charge is 0.416 e. The van der Waals surface area contributed by atoms with Gasteiger partial charge in [-0.05, 0) is 25.1 Å². The molecule has 0 fully saturated rings. The van der Waals surface area contributed by atoms with Gasteiger partial charge < -0.3 is 11.1 Å². The fraction of sp³-hybridized carbons (Fsp3) is 0.273.